The molecule has 1 aliphatic rings. The Morgan fingerprint density at radius 2 is 1.90 bits per heavy atom. The Bertz CT molecular complexity index is 445. The second kappa shape index (κ2) is 6.52. The molecule has 0 aliphatic carbocycles. The molecule has 0 spiro atoms. The summed E-state index contributed by atoms with van der Waals surface area (Å²) in [6.45, 7) is 0.398. The lowest BCUT2D eigenvalue weighted by molar-refractivity contribution is 0.263. The number of hydrogen-bond donors (Lipinski definition) is 0. The molecule has 0 saturated carbocycles. The van der Waals surface area contributed by atoms with Crippen molar-refractivity contribution in [2.45, 2.75) is 26.2 Å². The van der Waals surface area contributed by atoms with Crippen LogP contribution in [0.2, 0.25) is 0 Å². The lowest BCUT2D eigenvalue weighted by atomic mass is 9.77. The van der Waals surface area contributed by atoms with Gasteiger partial charge in [0.1, 0.15) is 5.75 Å². The standard InChI is InChI=1S/C14H20BF3NO/c1-12-11-13(5-6-14(12)15(16,17)18)20-10-4-9-19-7-2-3-8-19/h5-6,11H,2-4,7-10H2,1H3/q-1. The molecule has 1 fully saturated rings. The summed E-state index contributed by atoms with van der Waals surface area (Å²) in [6.07, 6.45) is 3.44. The normalized spacial score (nSPS) is 16.6. The van der Waals surface area contributed by atoms with Crippen LogP contribution >= 0.6 is 0 Å². The van der Waals surface area contributed by atoms with Gasteiger partial charge in [-0.1, -0.05) is 11.6 Å². The van der Waals surface area contributed by atoms with E-state index in [1.807, 2.05) is 0 Å². The van der Waals surface area contributed by atoms with Gasteiger partial charge in [0, 0.05) is 6.54 Å². The van der Waals surface area contributed by atoms with Gasteiger partial charge in [-0.15, -0.1) is 5.46 Å². The SMILES string of the molecule is Cc1cc(OCCCN2CCCC2)ccc1[B-](F)(F)F. The first kappa shape index (κ1) is 15.2. The first-order valence-electron chi connectivity index (χ1n) is 7.12. The smallest absolute Gasteiger partial charge is 0.494 e. The van der Waals surface area contributed by atoms with E-state index in [0.717, 1.165) is 32.1 Å². The lowest BCUT2D eigenvalue weighted by Crippen LogP contribution is -2.35. The van der Waals surface area contributed by atoms with Crippen molar-refractivity contribution < 1.29 is 17.7 Å². The van der Waals surface area contributed by atoms with Crippen LogP contribution in [-0.4, -0.2) is 38.1 Å². The van der Waals surface area contributed by atoms with E-state index < -0.39 is 12.4 Å². The minimum absolute atomic E-state index is 0.231. The molecule has 20 heavy (non-hydrogen) atoms. The Morgan fingerprint density at radius 1 is 1.20 bits per heavy atom. The van der Waals surface area contributed by atoms with Gasteiger partial charge in [0.2, 0.25) is 0 Å². The summed E-state index contributed by atoms with van der Waals surface area (Å²) in [4.78, 5) is 2.39. The maximum Gasteiger partial charge on any atom is 0.509 e. The van der Waals surface area contributed by atoms with Gasteiger partial charge in [-0.3, -0.25) is 0 Å². The highest BCUT2D eigenvalue weighted by molar-refractivity contribution is 6.74. The van der Waals surface area contributed by atoms with E-state index in [0.29, 0.717) is 12.4 Å². The number of nitrogens with zero attached hydrogens (tertiary/aromatic N) is 1. The topological polar surface area (TPSA) is 12.5 Å². The molecular formula is C14H20BF3NO-. The van der Waals surface area contributed by atoms with Crippen molar-refractivity contribution in [3.8, 4) is 5.75 Å². The molecule has 0 unspecified atom stereocenters. The van der Waals surface area contributed by atoms with Crippen LogP contribution in [0.1, 0.15) is 24.8 Å². The molecule has 0 bridgehead atoms. The van der Waals surface area contributed by atoms with Crippen molar-refractivity contribution in [3.63, 3.8) is 0 Å². The molecular weight excluding hydrogens is 266 g/mol. The monoisotopic (exact) mass is 286 g/mol. The summed E-state index contributed by atoms with van der Waals surface area (Å²) >= 11 is 0. The highest BCUT2D eigenvalue weighted by atomic mass is 19.4. The van der Waals surface area contributed by atoms with Crippen LogP contribution in [0.5, 0.6) is 5.75 Å². The zero-order chi connectivity index (χ0) is 14.6. The van der Waals surface area contributed by atoms with Gasteiger partial charge in [-0.05, 0) is 51.4 Å². The molecule has 0 N–H and O–H groups in total. The van der Waals surface area contributed by atoms with Crippen LogP contribution in [0.3, 0.4) is 0 Å². The van der Waals surface area contributed by atoms with E-state index in [2.05, 4.69) is 4.90 Å². The third kappa shape index (κ3) is 4.17. The maximum atomic E-state index is 12.7. The zero-order valence-electron chi connectivity index (χ0n) is 11.7. The van der Waals surface area contributed by atoms with Gasteiger partial charge in [-0.2, -0.15) is 0 Å². The first-order valence-corrected chi connectivity index (χ1v) is 7.12. The molecule has 1 aromatic rings. The third-order valence-corrected chi connectivity index (χ3v) is 3.68. The van der Waals surface area contributed by atoms with E-state index in [4.69, 9.17) is 4.74 Å². The van der Waals surface area contributed by atoms with Crippen LogP contribution in [-0.2, 0) is 0 Å². The average molecular weight is 286 g/mol. The van der Waals surface area contributed by atoms with Crippen molar-refractivity contribution in [2.75, 3.05) is 26.2 Å². The Labute approximate surface area is 118 Å². The largest absolute Gasteiger partial charge is 0.509 e. The van der Waals surface area contributed by atoms with Gasteiger partial charge < -0.3 is 22.6 Å². The number of halogens is 3. The number of likely N-dealkylation sites (tertiary alicyclic amines) is 1. The minimum atomic E-state index is -4.93. The van der Waals surface area contributed by atoms with Gasteiger partial charge in [-0.25, -0.2) is 0 Å². The number of hydrogen-bond acceptors (Lipinski definition) is 2. The predicted octanol–water partition coefficient (Wildman–Crippen LogP) is 2.91. The van der Waals surface area contributed by atoms with Crippen LogP contribution in [0, 0.1) is 6.92 Å². The van der Waals surface area contributed by atoms with E-state index in [9.17, 15) is 12.9 Å². The number of aryl methyl sites for hydroxylation is 1. The molecule has 6 heteroatoms. The van der Waals surface area contributed by atoms with Crippen molar-refractivity contribution in [1.82, 2.24) is 4.90 Å². The van der Waals surface area contributed by atoms with Gasteiger partial charge in [0.05, 0.1) is 6.61 Å². The molecule has 0 amide bonds. The summed E-state index contributed by atoms with van der Waals surface area (Å²) in [6, 6.07) is 4.00. The average Bonchev–Trinajstić information content (AvgIpc) is 2.86. The van der Waals surface area contributed by atoms with E-state index in [-0.39, 0.29) is 5.56 Å². The van der Waals surface area contributed by atoms with E-state index >= 15 is 0 Å². The molecule has 2 rings (SSSR count). The predicted molar refractivity (Wildman–Crippen MR) is 75.7 cm³/mol. The van der Waals surface area contributed by atoms with Crippen LogP contribution in [0.4, 0.5) is 12.9 Å². The zero-order valence-corrected chi connectivity index (χ0v) is 11.7. The molecule has 1 saturated heterocycles. The minimum Gasteiger partial charge on any atom is -0.494 e. The Balaban J connectivity index is 1.80. The van der Waals surface area contributed by atoms with E-state index in [1.165, 1.54) is 31.9 Å². The Kier molecular flexibility index (Phi) is 4.97. The van der Waals surface area contributed by atoms with E-state index in [1.54, 1.807) is 0 Å². The number of benzene rings is 1. The fourth-order valence-electron chi connectivity index (χ4n) is 2.59. The Morgan fingerprint density at radius 3 is 2.50 bits per heavy atom. The lowest BCUT2D eigenvalue weighted by Gasteiger charge is -2.19. The van der Waals surface area contributed by atoms with Gasteiger partial charge in [0.15, 0.2) is 0 Å². The highest BCUT2D eigenvalue weighted by Gasteiger charge is 2.27. The second-order valence-corrected chi connectivity index (χ2v) is 5.34. The van der Waals surface area contributed by atoms with Crippen molar-refractivity contribution >= 4 is 12.4 Å². The fourth-order valence-corrected chi connectivity index (χ4v) is 2.59. The summed E-state index contributed by atoms with van der Waals surface area (Å²) in [5, 5.41) is 0. The van der Waals surface area contributed by atoms with Crippen LogP contribution < -0.4 is 10.2 Å². The Hall–Kier alpha value is -1.17. The highest BCUT2D eigenvalue weighted by Crippen LogP contribution is 2.17. The molecule has 1 heterocycles. The van der Waals surface area contributed by atoms with Crippen molar-refractivity contribution in [3.05, 3.63) is 23.8 Å². The third-order valence-electron chi connectivity index (χ3n) is 3.68. The maximum absolute atomic E-state index is 12.7. The summed E-state index contributed by atoms with van der Waals surface area (Å²) in [5.41, 5.74) is -0.302. The molecule has 0 radical (unpaired) electrons. The number of ether oxygens (including phenoxy) is 1. The summed E-state index contributed by atoms with van der Waals surface area (Å²) in [5.74, 6) is 0.521. The quantitative estimate of drug-likeness (QED) is 0.589. The van der Waals surface area contributed by atoms with Crippen LogP contribution in [0.15, 0.2) is 18.2 Å². The molecule has 0 atom stereocenters. The molecule has 2 nitrogen and oxygen atoms in total. The molecule has 1 aliphatic heterocycles. The fraction of sp³-hybridized carbons (Fsp3) is 0.571. The van der Waals surface area contributed by atoms with Gasteiger partial charge in [0.25, 0.3) is 0 Å². The van der Waals surface area contributed by atoms with Crippen molar-refractivity contribution in [2.24, 2.45) is 0 Å². The molecule has 0 aromatic heterocycles. The van der Waals surface area contributed by atoms with Crippen LogP contribution in [0.25, 0.3) is 0 Å². The number of rotatable bonds is 6. The first-order chi connectivity index (χ1) is 9.47. The second-order valence-electron chi connectivity index (χ2n) is 5.34. The summed E-state index contributed by atoms with van der Waals surface area (Å²) in [7, 11) is 0. The molecule has 112 valence electrons. The summed E-state index contributed by atoms with van der Waals surface area (Å²) < 4.78 is 43.6. The van der Waals surface area contributed by atoms with Crippen molar-refractivity contribution in [1.29, 1.82) is 0 Å². The van der Waals surface area contributed by atoms with Gasteiger partial charge >= 0.3 is 6.98 Å². The molecule has 1 aromatic carbocycles.